The van der Waals surface area contributed by atoms with Gasteiger partial charge in [0.2, 0.25) is 5.28 Å². The topological polar surface area (TPSA) is 37.8 Å². The summed E-state index contributed by atoms with van der Waals surface area (Å²) in [5.74, 6) is 0.670. The van der Waals surface area contributed by atoms with Gasteiger partial charge in [0.15, 0.2) is 0 Å². The summed E-state index contributed by atoms with van der Waals surface area (Å²) in [6.45, 7) is 1.90. The fraction of sp³-hybridized carbons (Fsp3) is 0.0909. The molecule has 0 unspecified atom stereocenters. The van der Waals surface area contributed by atoms with Crippen LogP contribution in [0.2, 0.25) is 10.3 Å². The fourth-order valence-electron chi connectivity index (χ4n) is 1.26. The van der Waals surface area contributed by atoms with E-state index in [2.05, 4.69) is 31.2 Å². The van der Waals surface area contributed by atoms with Crippen molar-refractivity contribution in [1.29, 1.82) is 0 Å². The zero-order valence-electron chi connectivity index (χ0n) is 8.84. The van der Waals surface area contributed by atoms with E-state index in [1.165, 1.54) is 0 Å². The first-order valence-corrected chi connectivity index (χ1v) is 6.32. The van der Waals surface area contributed by atoms with Crippen molar-refractivity contribution in [1.82, 2.24) is 9.97 Å². The minimum absolute atomic E-state index is 0.210. The number of rotatable bonds is 2. The van der Waals surface area contributed by atoms with E-state index in [0.717, 1.165) is 15.7 Å². The van der Waals surface area contributed by atoms with Crippen LogP contribution >= 0.6 is 39.1 Å². The molecule has 88 valence electrons. The minimum atomic E-state index is 0.210. The second-order valence-electron chi connectivity index (χ2n) is 3.42. The van der Waals surface area contributed by atoms with Gasteiger partial charge in [0, 0.05) is 21.9 Å². The normalized spacial score (nSPS) is 10.4. The van der Waals surface area contributed by atoms with Gasteiger partial charge in [0.1, 0.15) is 5.82 Å². The lowest BCUT2D eigenvalue weighted by Gasteiger charge is -2.09. The van der Waals surface area contributed by atoms with E-state index in [-0.39, 0.29) is 5.28 Å². The largest absolute Gasteiger partial charge is 0.340 e. The summed E-state index contributed by atoms with van der Waals surface area (Å²) >= 11 is 15.1. The van der Waals surface area contributed by atoms with Gasteiger partial charge in [-0.1, -0.05) is 11.6 Å². The molecular weight excluding hydrogens is 325 g/mol. The summed E-state index contributed by atoms with van der Waals surface area (Å²) in [5.41, 5.74) is 1.75. The van der Waals surface area contributed by atoms with Gasteiger partial charge in [-0.15, -0.1) is 0 Å². The maximum Gasteiger partial charge on any atom is 0.224 e. The summed E-state index contributed by atoms with van der Waals surface area (Å²) in [6, 6.07) is 5.56. The van der Waals surface area contributed by atoms with Crippen LogP contribution in [0.5, 0.6) is 0 Å². The molecule has 0 atom stereocenters. The van der Waals surface area contributed by atoms with E-state index in [0.29, 0.717) is 10.8 Å². The van der Waals surface area contributed by atoms with Gasteiger partial charge in [-0.05, 0) is 52.7 Å². The molecular formula is C11H8BrCl2N3. The van der Waals surface area contributed by atoms with Crippen LogP contribution in [0.25, 0.3) is 0 Å². The van der Waals surface area contributed by atoms with Crippen LogP contribution in [0.3, 0.4) is 0 Å². The number of anilines is 2. The van der Waals surface area contributed by atoms with Crippen molar-refractivity contribution in [3.63, 3.8) is 0 Å². The Kier molecular flexibility index (Phi) is 3.86. The van der Waals surface area contributed by atoms with Gasteiger partial charge >= 0.3 is 0 Å². The van der Waals surface area contributed by atoms with E-state index < -0.39 is 0 Å². The van der Waals surface area contributed by atoms with Crippen LogP contribution in [0.1, 0.15) is 5.56 Å². The van der Waals surface area contributed by atoms with Crippen LogP contribution in [0, 0.1) is 6.92 Å². The Morgan fingerprint density at radius 2 is 2.06 bits per heavy atom. The van der Waals surface area contributed by atoms with Gasteiger partial charge in [-0.25, -0.2) is 9.97 Å². The van der Waals surface area contributed by atoms with E-state index >= 15 is 0 Å². The molecule has 6 heteroatoms. The SMILES string of the molecule is Cc1cnc(Cl)nc1Nc1ccc(Br)c(Cl)c1. The summed E-state index contributed by atoms with van der Waals surface area (Å²) in [5, 5.41) is 3.98. The monoisotopic (exact) mass is 331 g/mol. The van der Waals surface area contributed by atoms with Crippen molar-refractivity contribution in [2.45, 2.75) is 6.92 Å². The second kappa shape index (κ2) is 5.21. The maximum atomic E-state index is 6.01. The molecule has 1 aromatic carbocycles. The van der Waals surface area contributed by atoms with E-state index in [4.69, 9.17) is 23.2 Å². The summed E-state index contributed by atoms with van der Waals surface area (Å²) in [7, 11) is 0. The second-order valence-corrected chi connectivity index (χ2v) is 5.02. The van der Waals surface area contributed by atoms with Gasteiger partial charge in [0.05, 0.1) is 5.02 Å². The predicted octanol–water partition coefficient (Wildman–Crippen LogP) is 4.60. The first kappa shape index (κ1) is 12.6. The first-order chi connectivity index (χ1) is 8.06. The van der Waals surface area contributed by atoms with Crippen molar-refractivity contribution < 1.29 is 0 Å². The highest BCUT2D eigenvalue weighted by Crippen LogP contribution is 2.27. The third-order valence-electron chi connectivity index (χ3n) is 2.12. The Labute approximate surface area is 117 Å². The third-order valence-corrected chi connectivity index (χ3v) is 3.54. The average Bonchev–Trinajstić information content (AvgIpc) is 2.29. The number of benzene rings is 1. The van der Waals surface area contributed by atoms with Crippen LogP contribution in [-0.4, -0.2) is 9.97 Å². The molecule has 1 heterocycles. The number of hydrogen-bond acceptors (Lipinski definition) is 3. The van der Waals surface area contributed by atoms with E-state index in [1.807, 2.05) is 19.1 Å². The number of halogens is 3. The van der Waals surface area contributed by atoms with Crippen molar-refractivity contribution in [3.8, 4) is 0 Å². The van der Waals surface area contributed by atoms with Gasteiger partial charge in [-0.2, -0.15) is 0 Å². The number of aromatic nitrogens is 2. The van der Waals surface area contributed by atoms with E-state index in [9.17, 15) is 0 Å². The van der Waals surface area contributed by atoms with Crippen molar-refractivity contribution in [3.05, 3.63) is 44.7 Å². The van der Waals surface area contributed by atoms with Crippen molar-refractivity contribution in [2.24, 2.45) is 0 Å². The molecule has 0 amide bonds. The lowest BCUT2D eigenvalue weighted by molar-refractivity contribution is 1.13. The molecule has 0 spiro atoms. The Morgan fingerprint density at radius 3 is 2.76 bits per heavy atom. The maximum absolute atomic E-state index is 6.01. The Bertz CT molecular complexity index is 560. The van der Waals surface area contributed by atoms with Crippen molar-refractivity contribution >= 4 is 50.6 Å². The molecule has 0 aliphatic carbocycles. The molecule has 0 aliphatic rings. The molecule has 0 saturated carbocycles. The highest BCUT2D eigenvalue weighted by Gasteiger charge is 2.04. The fourth-order valence-corrected chi connectivity index (χ4v) is 1.82. The predicted molar refractivity (Wildman–Crippen MR) is 74.2 cm³/mol. The molecule has 0 saturated heterocycles. The molecule has 0 radical (unpaired) electrons. The molecule has 0 bridgehead atoms. The van der Waals surface area contributed by atoms with Gasteiger partial charge < -0.3 is 5.32 Å². The van der Waals surface area contributed by atoms with E-state index in [1.54, 1.807) is 12.3 Å². The molecule has 0 fully saturated rings. The highest BCUT2D eigenvalue weighted by molar-refractivity contribution is 9.10. The molecule has 1 N–H and O–H groups in total. The van der Waals surface area contributed by atoms with Gasteiger partial charge in [0.25, 0.3) is 0 Å². The Morgan fingerprint density at radius 1 is 1.29 bits per heavy atom. The molecule has 17 heavy (non-hydrogen) atoms. The van der Waals surface area contributed by atoms with Gasteiger partial charge in [-0.3, -0.25) is 0 Å². The van der Waals surface area contributed by atoms with Crippen LogP contribution < -0.4 is 5.32 Å². The number of nitrogens with zero attached hydrogens (tertiary/aromatic N) is 2. The highest BCUT2D eigenvalue weighted by atomic mass is 79.9. The Balaban J connectivity index is 2.31. The van der Waals surface area contributed by atoms with Crippen LogP contribution in [-0.2, 0) is 0 Å². The zero-order chi connectivity index (χ0) is 12.4. The molecule has 3 nitrogen and oxygen atoms in total. The summed E-state index contributed by atoms with van der Waals surface area (Å²) in [4.78, 5) is 8.00. The number of nitrogens with one attached hydrogen (secondary N) is 1. The summed E-state index contributed by atoms with van der Waals surface area (Å²) in [6.07, 6.45) is 1.66. The van der Waals surface area contributed by atoms with Crippen molar-refractivity contribution in [2.75, 3.05) is 5.32 Å². The minimum Gasteiger partial charge on any atom is -0.340 e. The molecule has 0 aliphatic heterocycles. The first-order valence-electron chi connectivity index (χ1n) is 4.77. The van der Waals surface area contributed by atoms with Crippen LogP contribution in [0.4, 0.5) is 11.5 Å². The molecule has 2 rings (SSSR count). The average molecular weight is 333 g/mol. The van der Waals surface area contributed by atoms with Crippen LogP contribution in [0.15, 0.2) is 28.9 Å². The lowest BCUT2D eigenvalue weighted by Crippen LogP contribution is -1.98. The Hall–Kier alpha value is -0.840. The summed E-state index contributed by atoms with van der Waals surface area (Å²) < 4.78 is 0.849. The number of aryl methyl sites for hydroxylation is 1. The molecule has 1 aromatic heterocycles. The standard InChI is InChI=1S/C11H8BrCl2N3/c1-6-5-15-11(14)17-10(6)16-7-2-3-8(12)9(13)4-7/h2-5H,1H3,(H,15,16,17). The lowest BCUT2D eigenvalue weighted by atomic mass is 10.3. The number of hydrogen-bond donors (Lipinski definition) is 1. The zero-order valence-corrected chi connectivity index (χ0v) is 11.9. The molecule has 2 aromatic rings. The smallest absolute Gasteiger partial charge is 0.224 e. The third kappa shape index (κ3) is 3.09. The quantitative estimate of drug-likeness (QED) is 0.817.